The molecule has 0 aliphatic rings. The molecule has 0 radical (unpaired) electrons. The fourth-order valence-corrected chi connectivity index (χ4v) is 4.59. The highest BCUT2D eigenvalue weighted by atomic mass is 32.1. The number of carbonyl (C=O) groups excluding carboxylic acids is 2. The number of anilines is 2. The van der Waals surface area contributed by atoms with E-state index in [0.717, 1.165) is 4.57 Å². The number of aromatic nitrogens is 3. The minimum atomic E-state index is -0.664. The van der Waals surface area contributed by atoms with E-state index in [4.69, 9.17) is 4.74 Å². The van der Waals surface area contributed by atoms with E-state index < -0.39 is 29.7 Å². The van der Waals surface area contributed by atoms with Crippen molar-refractivity contribution in [2.75, 3.05) is 29.9 Å². The molecule has 3 rings (SSSR count). The van der Waals surface area contributed by atoms with Crippen LogP contribution in [0.3, 0.4) is 0 Å². The van der Waals surface area contributed by atoms with E-state index in [2.05, 4.69) is 16.9 Å². The maximum Gasteiger partial charge on any atom is 0.340 e. The molecule has 2 aromatic heterocycles. The number of nitrogens with one attached hydrogen (secondary N) is 1. The molecular formula is C23H27N5O5S. The number of hydrogen-bond donors (Lipinski definition) is 1. The minimum absolute atomic E-state index is 0.000575. The number of nitrogens with zero attached hydrogens (tertiary/aromatic N) is 4. The SMILES string of the molecule is C=CCn1c(=O)c2sc(N(CC)CC)nc2n(CC(=O)Nc2ccccc2C(=O)OCC)c1=O. The van der Waals surface area contributed by atoms with Crippen LogP contribution in [0.2, 0.25) is 0 Å². The van der Waals surface area contributed by atoms with Gasteiger partial charge in [-0.2, -0.15) is 0 Å². The van der Waals surface area contributed by atoms with Gasteiger partial charge in [0.15, 0.2) is 10.8 Å². The Morgan fingerprint density at radius 1 is 1.18 bits per heavy atom. The third kappa shape index (κ3) is 4.93. The molecule has 11 heteroatoms. The summed E-state index contributed by atoms with van der Waals surface area (Å²) in [7, 11) is 0. The molecule has 0 unspecified atom stereocenters. The number of esters is 1. The number of allylic oxidation sites excluding steroid dienone is 1. The van der Waals surface area contributed by atoms with Crippen molar-refractivity contribution in [3.05, 3.63) is 63.3 Å². The van der Waals surface area contributed by atoms with Crippen molar-refractivity contribution >= 4 is 44.4 Å². The summed E-state index contributed by atoms with van der Waals surface area (Å²) >= 11 is 1.18. The van der Waals surface area contributed by atoms with E-state index in [9.17, 15) is 19.2 Å². The van der Waals surface area contributed by atoms with Gasteiger partial charge in [0.2, 0.25) is 5.91 Å². The van der Waals surface area contributed by atoms with Crippen LogP contribution in [0.1, 0.15) is 31.1 Å². The first-order valence-corrected chi connectivity index (χ1v) is 11.7. The number of rotatable bonds is 10. The Morgan fingerprint density at radius 2 is 1.88 bits per heavy atom. The Hall–Kier alpha value is -3.73. The van der Waals surface area contributed by atoms with E-state index in [1.54, 1.807) is 31.2 Å². The Kier molecular flexibility index (Phi) is 8.00. The van der Waals surface area contributed by atoms with E-state index in [0.29, 0.717) is 18.2 Å². The van der Waals surface area contributed by atoms with Crippen LogP contribution >= 0.6 is 11.3 Å². The number of benzene rings is 1. The van der Waals surface area contributed by atoms with E-state index >= 15 is 0 Å². The van der Waals surface area contributed by atoms with Crippen molar-refractivity contribution in [3.63, 3.8) is 0 Å². The first-order chi connectivity index (χ1) is 16.4. The standard InChI is InChI=1S/C23H27N5O5S/c1-5-13-27-20(30)18-19(25-22(34-18)26(6-2)7-3)28(23(27)32)14-17(29)24-16-12-10-9-11-15(16)21(31)33-8-4/h5,9-12H,1,6-8,13-14H2,2-4H3,(H,24,29). The van der Waals surface area contributed by atoms with Crippen molar-refractivity contribution < 1.29 is 14.3 Å². The Bertz CT molecular complexity index is 1340. The van der Waals surface area contributed by atoms with Crippen LogP contribution in [-0.4, -0.2) is 45.7 Å². The number of amides is 1. The van der Waals surface area contributed by atoms with Crippen LogP contribution in [-0.2, 0) is 22.6 Å². The van der Waals surface area contributed by atoms with Crippen molar-refractivity contribution in [1.29, 1.82) is 0 Å². The van der Waals surface area contributed by atoms with Gasteiger partial charge in [-0.05, 0) is 32.9 Å². The van der Waals surface area contributed by atoms with E-state index in [1.807, 2.05) is 18.7 Å². The molecule has 0 aliphatic heterocycles. The van der Waals surface area contributed by atoms with Gasteiger partial charge in [0.1, 0.15) is 11.2 Å². The van der Waals surface area contributed by atoms with Gasteiger partial charge in [-0.3, -0.25) is 18.7 Å². The topological polar surface area (TPSA) is 116 Å². The zero-order chi connectivity index (χ0) is 24.8. The second-order valence-corrected chi connectivity index (χ2v) is 8.19. The number of ether oxygens (including phenoxy) is 1. The summed E-state index contributed by atoms with van der Waals surface area (Å²) in [6, 6.07) is 6.44. The molecule has 0 atom stereocenters. The van der Waals surface area contributed by atoms with Gasteiger partial charge >= 0.3 is 11.7 Å². The fraction of sp³-hybridized carbons (Fsp3) is 0.348. The Morgan fingerprint density at radius 3 is 2.53 bits per heavy atom. The molecule has 0 saturated carbocycles. The highest BCUT2D eigenvalue weighted by molar-refractivity contribution is 7.22. The molecule has 0 spiro atoms. The summed E-state index contributed by atoms with van der Waals surface area (Å²) < 4.78 is 7.52. The van der Waals surface area contributed by atoms with Crippen LogP contribution in [0.25, 0.3) is 10.3 Å². The highest BCUT2D eigenvalue weighted by Crippen LogP contribution is 2.26. The quantitative estimate of drug-likeness (QED) is 0.346. The molecule has 1 aromatic carbocycles. The molecule has 180 valence electrons. The van der Waals surface area contributed by atoms with Crippen LogP contribution in [0.5, 0.6) is 0 Å². The van der Waals surface area contributed by atoms with Crippen molar-refractivity contribution in [3.8, 4) is 0 Å². The lowest BCUT2D eigenvalue weighted by atomic mass is 10.2. The molecule has 10 nitrogen and oxygen atoms in total. The van der Waals surface area contributed by atoms with Gasteiger partial charge in [0.05, 0.1) is 17.9 Å². The van der Waals surface area contributed by atoms with Crippen LogP contribution in [0.15, 0.2) is 46.5 Å². The number of carbonyl (C=O) groups is 2. The summed E-state index contributed by atoms with van der Waals surface area (Å²) in [4.78, 5) is 57.8. The molecule has 34 heavy (non-hydrogen) atoms. The zero-order valence-electron chi connectivity index (χ0n) is 19.4. The van der Waals surface area contributed by atoms with Gasteiger partial charge in [-0.25, -0.2) is 14.6 Å². The van der Waals surface area contributed by atoms with Gasteiger partial charge in [-0.15, -0.1) is 6.58 Å². The van der Waals surface area contributed by atoms with Crippen LogP contribution in [0, 0.1) is 0 Å². The summed E-state index contributed by atoms with van der Waals surface area (Å²) in [5, 5.41) is 3.26. The van der Waals surface area contributed by atoms with Crippen molar-refractivity contribution in [2.45, 2.75) is 33.9 Å². The third-order valence-electron chi connectivity index (χ3n) is 5.10. The minimum Gasteiger partial charge on any atom is -0.462 e. The summed E-state index contributed by atoms with van der Waals surface area (Å²) in [6.45, 7) is 10.4. The van der Waals surface area contributed by atoms with Crippen LogP contribution in [0.4, 0.5) is 10.8 Å². The summed E-state index contributed by atoms with van der Waals surface area (Å²) in [5.41, 5.74) is -0.528. The molecule has 2 heterocycles. The molecule has 0 aliphatic carbocycles. The third-order valence-corrected chi connectivity index (χ3v) is 6.19. The first kappa shape index (κ1) is 24.9. The van der Waals surface area contributed by atoms with Gasteiger partial charge in [0, 0.05) is 19.6 Å². The number of fused-ring (bicyclic) bond motifs is 1. The molecule has 3 aromatic rings. The second-order valence-electron chi connectivity index (χ2n) is 7.21. The highest BCUT2D eigenvalue weighted by Gasteiger charge is 2.21. The Balaban J connectivity index is 2.05. The van der Waals surface area contributed by atoms with Gasteiger partial charge in [0.25, 0.3) is 5.56 Å². The Labute approximate surface area is 200 Å². The largest absolute Gasteiger partial charge is 0.462 e. The number of hydrogen-bond acceptors (Lipinski definition) is 8. The second kappa shape index (κ2) is 10.9. The summed E-state index contributed by atoms with van der Waals surface area (Å²) in [5.74, 6) is -1.12. The maximum absolute atomic E-state index is 13.1. The zero-order valence-corrected chi connectivity index (χ0v) is 20.2. The lowest BCUT2D eigenvalue weighted by molar-refractivity contribution is -0.116. The lowest BCUT2D eigenvalue weighted by Gasteiger charge is -2.16. The van der Waals surface area contributed by atoms with Gasteiger partial charge < -0.3 is 15.0 Å². The first-order valence-electron chi connectivity index (χ1n) is 10.9. The molecule has 0 fully saturated rings. The molecular weight excluding hydrogens is 458 g/mol. The normalized spacial score (nSPS) is 10.8. The molecule has 0 bridgehead atoms. The number of thiazole rings is 1. The predicted octanol–water partition coefficient (Wildman–Crippen LogP) is 2.47. The molecule has 0 saturated heterocycles. The predicted molar refractivity (Wildman–Crippen MR) is 133 cm³/mol. The van der Waals surface area contributed by atoms with E-state index in [1.165, 1.54) is 22.0 Å². The monoisotopic (exact) mass is 485 g/mol. The van der Waals surface area contributed by atoms with E-state index in [-0.39, 0.29) is 34.7 Å². The summed E-state index contributed by atoms with van der Waals surface area (Å²) in [6.07, 6.45) is 1.45. The maximum atomic E-state index is 13.1. The van der Waals surface area contributed by atoms with Crippen molar-refractivity contribution in [2.24, 2.45) is 0 Å². The smallest absolute Gasteiger partial charge is 0.340 e. The van der Waals surface area contributed by atoms with Crippen LogP contribution < -0.4 is 21.5 Å². The number of para-hydroxylation sites is 1. The van der Waals surface area contributed by atoms with Crippen molar-refractivity contribution in [1.82, 2.24) is 14.1 Å². The molecule has 1 amide bonds. The fourth-order valence-electron chi connectivity index (χ4n) is 3.44. The average Bonchev–Trinajstić information content (AvgIpc) is 3.26. The molecule has 1 N–H and O–H groups in total. The average molecular weight is 486 g/mol. The lowest BCUT2D eigenvalue weighted by Crippen LogP contribution is -2.41. The van der Waals surface area contributed by atoms with Gasteiger partial charge in [-0.1, -0.05) is 29.5 Å².